The number of hydrogen-bond donors (Lipinski definition) is 2. The molecule has 0 aliphatic heterocycles. The van der Waals surface area contributed by atoms with Gasteiger partial charge in [0, 0.05) is 17.0 Å². The third kappa shape index (κ3) is 2.20. The molecule has 21 heavy (non-hydrogen) atoms. The van der Waals surface area contributed by atoms with Crippen LogP contribution in [0.1, 0.15) is 44.7 Å². The summed E-state index contributed by atoms with van der Waals surface area (Å²) in [6, 6.07) is 3.58. The molecular formula is C16H19F2N3. The Hall–Kier alpha value is -1.91. The van der Waals surface area contributed by atoms with Crippen molar-refractivity contribution in [2.24, 2.45) is 0 Å². The van der Waals surface area contributed by atoms with Crippen molar-refractivity contribution < 1.29 is 8.78 Å². The second-order valence-corrected chi connectivity index (χ2v) is 5.82. The van der Waals surface area contributed by atoms with Crippen LogP contribution < -0.4 is 5.73 Å². The van der Waals surface area contributed by atoms with Crippen molar-refractivity contribution in [1.82, 2.24) is 10.2 Å². The lowest BCUT2D eigenvalue weighted by Gasteiger charge is -2.27. The van der Waals surface area contributed by atoms with Crippen molar-refractivity contribution >= 4 is 5.82 Å². The highest BCUT2D eigenvalue weighted by molar-refractivity contribution is 5.77. The molecule has 2 aromatic rings. The monoisotopic (exact) mass is 291 g/mol. The Morgan fingerprint density at radius 3 is 2.62 bits per heavy atom. The largest absolute Gasteiger partial charge is 0.382 e. The number of H-pyrrole nitrogens is 1. The fourth-order valence-electron chi connectivity index (χ4n) is 3.54. The summed E-state index contributed by atoms with van der Waals surface area (Å²) in [5, 5.41) is 7.10. The van der Waals surface area contributed by atoms with Gasteiger partial charge in [0.2, 0.25) is 0 Å². The molecule has 0 saturated heterocycles. The highest BCUT2D eigenvalue weighted by Gasteiger charge is 2.38. The molecule has 1 aliphatic rings. The number of nitrogens with zero attached hydrogens (tertiary/aromatic N) is 1. The van der Waals surface area contributed by atoms with Gasteiger partial charge in [-0.3, -0.25) is 5.10 Å². The van der Waals surface area contributed by atoms with E-state index >= 15 is 0 Å². The molecule has 5 heteroatoms. The Kier molecular flexibility index (Phi) is 3.43. The molecule has 1 aromatic carbocycles. The molecule has 0 radical (unpaired) electrons. The summed E-state index contributed by atoms with van der Waals surface area (Å²) in [6.07, 6.45) is 5.34. The lowest BCUT2D eigenvalue weighted by molar-refractivity contribution is 0.412. The topological polar surface area (TPSA) is 54.7 Å². The van der Waals surface area contributed by atoms with E-state index in [-0.39, 0.29) is 11.2 Å². The van der Waals surface area contributed by atoms with Crippen molar-refractivity contribution in [2.75, 3.05) is 5.73 Å². The van der Waals surface area contributed by atoms with Crippen LogP contribution in [-0.4, -0.2) is 10.2 Å². The minimum absolute atomic E-state index is 0.0270. The molecule has 1 heterocycles. The average Bonchev–Trinajstić information content (AvgIpc) is 3.07. The van der Waals surface area contributed by atoms with Crippen molar-refractivity contribution in [3.8, 4) is 11.1 Å². The average molecular weight is 291 g/mol. The van der Waals surface area contributed by atoms with Crippen LogP contribution in [0.2, 0.25) is 0 Å². The smallest absolute Gasteiger partial charge is 0.153 e. The molecule has 1 saturated carbocycles. The zero-order valence-electron chi connectivity index (χ0n) is 12.0. The summed E-state index contributed by atoms with van der Waals surface area (Å²) >= 11 is 0. The number of nitrogen functional groups attached to an aromatic ring is 1. The van der Waals surface area contributed by atoms with Gasteiger partial charge in [0.25, 0.3) is 0 Å². The van der Waals surface area contributed by atoms with E-state index in [0.29, 0.717) is 11.1 Å². The van der Waals surface area contributed by atoms with Crippen molar-refractivity contribution in [3.05, 3.63) is 35.5 Å². The van der Waals surface area contributed by atoms with E-state index in [1.165, 1.54) is 12.1 Å². The fourth-order valence-corrected chi connectivity index (χ4v) is 3.54. The molecule has 0 spiro atoms. The molecule has 3 N–H and O–H groups in total. The van der Waals surface area contributed by atoms with E-state index in [1.54, 1.807) is 0 Å². The van der Waals surface area contributed by atoms with Crippen LogP contribution in [0.4, 0.5) is 14.6 Å². The fraction of sp³-hybridized carbons (Fsp3) is 0.438. The maximum Gasteiger partial charge on any atom is 0.153 e. The third-order valence-corrected chi connectivity index (χ3v) is 4.76. The van der Waals surface area contributed by atoms with Crippen molar-refractivity contribution in [2.45, 2.75) is 44.4 Å². The first-order chi connectivity index (χ1) is 10.1. The van der Waals surface area contributed by atoms with Crippen LogP contribution >= 0.6 is 0 Å². The lowest BCUT2D eigenvalue weighted by atomic mass is 9.77. The minimum atomic E-state index is -0.603. The number of benzene rings is 1. The number of nitrogens with one attached hydrogen (secondary N) is 1. The number of halogens is 2. The maximum atomic E-state index is 14.2. The summed E-state index contributed by atoms with van der Waals surface area (Å²) in [6.45, 7) is 2.13. The quantitative estimate of drug-likeness (QED) is 0.892. The van der Waals surface area contributed by atoms with Gasteiger partial charge in [-0.25, -0.2) is 8.78 Å². The molecule has 1 aliphatic carbocycles. The molecular weight excluding hydrogens is 272 g/mol. The second kappa shape index (κ2) is 5.13. The number of rotatable bonds is 3. The maximum absolute atomic E-state index is 14.2. The summed E-state index contributed by atoms with van der Waals surface area (Å²) in [5.41, 5.74) is 7.74. The Balaban J connectivity index is 2.17. The van der Waals surface area contributed by atoms with E-state index in [1.807, 2.05) is 0 Å². The number of anilines is 1. The SMILES string of the molecule is CCC1(c2[nH]nc(N)c2-c2ccc(F)cc2F)CCCC1. The van der Waals surface area contributed by atoms with Gasteiger partial charge in [-0.2, -0.15) is 5.10 Å². The first-order valence-corrected chi connectivity index (χ1v) is 7.37. The standard InChI is InChI=1S/C16H19F2N3/c1-2-16(7-3-4-8-16)14-13(15(19)21-20-14)11-6-5-10(17)9-12(11)18/h5-6,9H,2-4,7-8H2,1H3,(H3,19,20,21). The van der Waals surface area contributed by atoms with Gasteiger partial charge in [-0.15, -0.1) is 0 Å². The van der Waals surface area contributed by atoms with Crippen LogP contribution in [0.5, 0.6) is 0 Å². The third-order valence-electron chi connectivity index (χ3n) is 4.76. The molecule has 0 atom stereocenters. The van der Waals surface area contributed by atoms with E-state index in [2.05, 4.69) is 17.1 Å². The Morgan fingerprint density at radius 1 is 1.29 bits per heavy atom. The molecule has 0 unspecified atom stereocenters. The molecule has 3 rings (SSSR count). The zero-order valence-corrected chi connectivity index (χ0v) is 12.0. The first kappa shape index (κ1) is 14.0. The minimum Gasteiger partial charge on any atom is -0.382 e. The van der Waals surface area contributed by atoms with Gasteiger partial charge in [-0.05, 0) is 31.4 Å². The summed E-state index contributed by atoms with van der Waals surface area (Å²) in [7, 11) is 0. The molecule has 0 bridgehead atoms. The highest BCUT2D eigenvalue weighted by Crippen LogP contribution is 2.47. The van der Waals surface area contributed by atoms with E-state index < -0.39 is 11.6 Å². The Bertz CT molecular complexity index is 658. The highest BCUT2D eigenvalue weighted by atomic mass is 19.1. The summed E-state index contributed by atoms with van der Waals surface area (Å²) in [5.74, 6) is -0.922. The predicted molar refractivity (Wildman–Crippen MR) is 78.8 cm³/mol. The molecule has 1 aromatic heterocycles. The number of nitrogens with two attached hydrogens (primary N) is 1. The van der Waals surface area contributed by atoms with Crippen molar-refractivity contribution in [3.63, 3.8) is 0 Å². The number of hydrogen-bond acceptors (Lipinski definition) is 2. The van der Waals surface area contributed by atoms with Gasteiger partial charge in [-0.1, -0.05) is 19.8 Å². The molecule has 0 amide bonds. The van der Waals surface area contributed by atoms with E-state index in [9.17, 15) is 8.78 Å². The second-order valence-electron chi connectivity index (χ2n) is 5.82. The van der Waals surface area contributed by atoms with Crippen LogP contribution in [-0.2, 0) is 5.41 Å². The van der Waals surface area contributed by atoms with Crippen LogP contribution in [0.15, 0.2) is 18.2 Å². The van der Waals surface area contributed by atoms with Crippen LogP contribution in [0, 0.1) is 11.6 Å². The van der Waals surface area contributed by atoms with Crippen LogP contribution in [0.25, 0.3) is 11.1 Å². The zero-order chi connectivity index (χ0) is 15.0. The molecule has 112 valence electrons. The number of aromatic amines is 1. The van der Waals surface area contributed by atoms with E-state index in [0.717, 1.165) is 43.9 Å². The predicted octanol–water partition coefficient (Wildman–Crippen LogP) is 4.16. The van der Waals surface area contributed by atoms with Gasteiger partial charge in [0.15, 0.2) is 5.82 Å². The van der Waals surface area contributed by atoms with Gasteiger partial charge >= 0.3 is 0 Å². The van der Waals surface area contributed by atoms with Gasteiger partial charge in [0.05, 0.1) is 11.3 Å². The lowest BCUT2D eigenvalue weighted by Crippen LogP contribution is -2.22. The van der Waals surface area contributed by atoms with Gasteiger partial charge in [0.1, 0.15) is 11.6 Å². The summed E-state index contributed by atoms with van der Waals surface area (Å²) < 4.78 is 27.3. The van der Waals surface area contributed by atoms with Crippen molar-refractivity contribution in [1.29, 1.82) is 0 Å². The Morgan fingerprint density at radius 2 is 2.00 bits per heavy atom. The van der Waals surface area contributed by atoms with E-state index in [4.69, 9.17) is 5.73 Å². The Labute approximate surface area is 122 Å². The normalized spacial score (nSPS) is 17.3. The summed E-state index contributed by atoms with van der Waals surface area (Å²) in [4.78, 5) is 0. The first-order valence-electron chi connectivity index (χ1n) is 7.37. The van der Waals surface area contributed by atoms with Gasteiger partial charge < -0.3 is 5.73 Å². The molecule has 1 fully saturated rings. The molecule has 3 nitrogen and oxygen atoms in total. The number of aromatic nitrogens is 2. The van der Waals surface area contributed by atoms with Crippen LogP contribution in [0.3, 0.4) is 0 Å².